The molecule has 2 aliphatic rings. The SMILES string of the molecule is NC1CCCC1NS(=O)(=O)c1cc2c(cc1Cl)NC(=O)C2. The van der Waals surface area contributed by atoms with Crippen molar-refractivity contribution in [3.63, 3.8) is 0 Å². The van der Waals surface area contributed by atoms with Gasteiger partial charge in [-0.05, 0) is 30.5 Å². The van der Waals surface area contributed by atoms with Gasteiger partial charge in [0.15, 0.2) is 0 Å². The Morgan fingerprint density at radius 3 is 2.76 bits per heavy atom. The number of nitrogens with one attached hydrogen (secondary N) is 2. The largest absolute Gasteiger partial charge is 0.326 e. The summed E-state index contributed by atoms with van der Waals surface area (Å²) in [6, 6.07) is 2.50. The molecule has 1 aliphatic heterocycles. The van der Waals surface area contributed by atoms with Crippen molar-refractivity contribution in [2.24, 2.45) is 5.73 Å². The van der Waals surface area contributed by atoms with Gasteiger partial charge in [-0.25, -0.2) is 13.1 Å². The van der Waals surface area contributed by atoms with E-state index < -0.39 is 10.0 Å². The minimum Gasteiger partial charge on any atom is -0.326 e. The van der Waals surface area contributed by atoms with Gasteiger partial charge in [-0.3, -0.25) is 4.79 Å². The summed E-state index contributed by atoms with van der Waals surface area (Å²) in [6.07, 6.45) is 2.61. The molecular weight excluding hydrogens is 314 g/mol. The number of fused-ring (bicyclic) bond motifs is 1. The zero-order valence-electron chi connectivity index (χ0n) is 11.2. The van der Waals surface area contributed by atoms with Crippen LogP contribution in [0.3, 0.4) is 0 Å². The van der Waals surface area contributed by atoms with Crippen molar-refractivity contribution >= 4 is 33.2 Å². The highest BCUT2D eigenvalue weighted by molar-refractivity contribution is 7.89. The summed E-state index contributed by atoms with van der Waals surface area (Å²) in [5.74, 6) is -0.165. The number of hydrogen-bond donors (Lipinski definition) is 3. The summed E-state index contributed by atoms with van der Waals surface area (Å²) in [5, 5.41) is 2.73. The number of sulfonamides is 1. The van der Waals surface area contributed by atoms with Crippen molar-refractivity contribution in [1.29, 1.82) is 0 Å². The highest BCUT2D eigenvalue weighted by atomic mass is 35.5. The number of halogens is 1. The lowest BCUT2D eigenvalue weighted by atomic mass is 10.2. The Morgan fingerprint density at radius 2 is 2.10 bits per heavy atom. The predicted octanol–water partition coefficient (Wildman–Crippen LogP) is 0.993. The first kappa shape index (κ1) is 14.8. The van der Waals surface area contributed by atoms with Crippen LogP contribution in [0.25, 0.3) is 0 Å². The molecule has 2 atom stereocenters. The van der Waals surface area contributed by atoms with E-state index in [0.717, 1.165) is 19.3 Å². The van der Waals surface area contributed by atoms with E-state index in [-0.39, 0.29) is 34.3 Å². The zero-order valence-corrected chi connectivity index (χ0v) is 12.8. The number of hydrogen-bond acceptors (Lipinski definition) is 4. The van der Waals surface area contributed by atoms with Gasteiger partial charge in [0.1, 0.15) is 4.90 Å². The van der Waals surface area contributed by atoms with E-state index in [1.807, 2.05) is 0 Å². The third kappa shape index (κ3) is 2.78. The topological polar surface area (TPSA) is 101 Å². The summed E-state index contributed by atoms with van der Waals surface area (Å²) in [5.41, 5.74) is 7.11. The molecule has 1 amide bonds. The zero-order chi connectivity index (χ0) is 15.2. The molecule has 0 radical (unpaired) electrons. The molecule has 1 aromatic rings. The van der Waals surface area contributed by atoms with Crippen molar-refractivity contribution in [3.05, 3.63) is 22.7 Å². The molecule has 0 bridgehead atoms. The van der Waals surface area contributed by atoms with Gasteiger partial charge in [-0.1, -0.05) is 18.0 Å². The second-order valence-corrected chi connectivity index (χ2v) is 7.58. The number of anilines is 1. The van der Waals surface area contributed by atoms with Crippen molar-refractivity contribution in [1.82, 2.24) is 4.72 Å². The fraction of sp³-hybridized carbons (Fsp3) is 0.462. The van der Waals surface area contributed by atoms with Gasteiger partial charge in [0.25, 0.3) is 0 Å². The standard InChI is InChI=1S/C13H16ClN3O3S/c14-8-6-11-7(5-13(18)16-11)4-12(8)21(19,20)17-10-3-1-2-9(10)15/h4,6,9-10,17H,1-3,5,15H2,(H,16,18). The van der Waals surface area contributed by atoms with E-state index in [1.165, 1.54) is 12.1 Å². The fourth-order valence-electron chi connectivity index (χ4n) is 2.83. The molecule has 1 aromatic carbocycles. The van der Waals surface area contributed by atoms with E-state index in [4.69, 9.17) is 17.3 Å². The second kappa shape index (κ2) is 5.24. The van der Waals surface area contributed by atoms with Gasteiger partial charge in [0, 0.05) is 17.8 Å². The van der Waals surface area contributed by atoms with Gasteiger partial charge in [0.2, 0.25) is 15.9 Å². The minimum atomic E-state index is -3.75. The second-order valence-electron chi connectivity index (χ2n) is 5.49. The molecule has 4 N–H and O–H groups in total. The molecule has 1 saturated carbocycles. The van der Waals surface area contributed by atoms with Crippen LogP contribution in [-0.2, 0) is 21.2 Å². The van der Waals surface area contributed by atoms with Gasteiger partial charge in [-0.15, -0.1) is 0 Å². The molecule has 6 nitrogen and oxygen atoms in total. The molecule has 3 rings (SSSR count). The maximum atomic E-state index is 12.5. The molecule has 0 spiro atoms. The first-order valence-electron chi connectivity index (χ1n) is 6.77. The molecule has 1 heterocycles. The first-order valence-corrected chi connectivity index (χ1v) is 8.63. The van der Waals surface area contributed by atoms with Crippen LogP contribution in [0.1, 0.15) is 24.8 Å². The molecule has 8 heteroatoms. The van der Waals surface area contributed by atoms with Crippen LogP contribution in [0.15, 0.2) is 17.0 Å². The summed E-state index contributed by atoms with van der Waals surface area (Å²) >= 11 is 6.06. The highest BCUT2D eigenvalue weighted by Crippen LogP contribution is 2.32. The summed E-state index contributed by atoms with van der Waals surface area (Å²) in [6.45, 7) is 0. The first-order chi connectivity index (χ1) is 9.87. The van der Waals surface area contributed by atoms with Crippen LogP contribution < -0.4 is 15.8 Å². The summed E-state index contributed by atoms with van der Waals surface area (Å²) in [4.78, 5) is 11.4. The highest BCUT2D eigenvalue weighted by Gasteiger charge is 2.31. The summed E-state index contributed by atoms with van der Waals surface area (Å²) < 4.78 is 27.6. The number of carbonyl (C=O) groups is 1. The third-order valence-electron chi connectivity index (χ3n) is 3.95. The Morgan fingerprint density at radius 1 is 1.33 bits per heavy atom. The lowest BCUT2D eigenvalue weighted by Crippen LogP contribution is -2.43. The number of nitrogens with two attached hydrogens (primary N) is 1. The minimum absolute atomic E-state index is 0.00137. The Balaban J connectivity index is 1.92. The summed E-state index contributed by atoms with van der Waals surface area (Å²) in [7, 11) is -3.75. The lowest BCUT2D eigenvalue weighted by Gasteiger charge is -2.18. The Labute approximate surface area is 128 Å². The van der Waals surface area contributed by atoms with Crippen LogP contribution in [0.5, 0.6) is 0 Å². The van der Waals surface area contributed by atoms with Gasteiger partial charge >= 0.3 is 0 Å². The van der Waals surface area contributed by atoms with E-state index >= 15 is 0 Å². The van der Waals surface area contributed by atoms with Crippen LogP contribution >= 0.6 is 11.6 Å². The number of carbonyl (C=O) groups excluding carboxylic acids is 1. The molecule has 21 heavy (non-hydrogen) atoms. The van der Waals surface area contributed by atoms with E-state index in [0.29, 0.717) is 11.3 Å². The fourth-order valence-corrected chi connectivity index (χ4v) is 4.73. The average molecular weight is 330 g/mol. The van der Waals surface area contributed by atoms with Crippen LogP contribution in [0.4, 0.5) is 5.69 Å². The van der Waals surface area contributed by atoms with Crippen LogP contribution in [-0.4, -0.2) is 26.4 Å². The molecule has 1 aliphatic carbocycles. The molecule has 1 fully saturated rings. The van der Waals surface area contributed by atoms with Crippen molar-refractivity contribution in [3.8, 4) is 0 Å². The smallest absolute Gasteiger partial charge is 0.242 e. The van der Waals surface area contributed by atoms with E-state index in [2.05, 4.69) is 10.0 Å². The normalized spacial score (nSPS) is 25.0. The number of amides is 1. The molecule has 0 saturated heterocycles. The Kier molecular flexibility index (Phi) is 3.69. The Hall–Kier alpha value is -1.15. The maximum Gasteiger partial charge on any atom is 0.242 e. The predicted molar refractivity (Wildman–Crippen MR) is 79.7 cm³/mol. The van der Waals surface area contributed by atoms with Crippen molar-refractivity contribution in [2.45, 2.75) is 42.7 Å². The quantitative estimate of drug-likeness (QED) is 0.769. The van der Waals surface area contributed by atoms with E-state index in [9.17, 15) is 13.2 Å². The monoisotopic (exact) mass is 329 g/mol. The van der Waals surface area contributed by atoms with E-state index in [1.54, 1.807) is 0 Å². The molecular formula is C13H16ClN3O3S. The maximum absolute atomic E-state index is 12.5. The van der Waals surface area contributed by atoms with Crippen LogP contribution in [0, 0.1) is 0 Å². The molecule has 0 aromatic heterocycles. The molecule has 2 unspecified atom stereocenters. The van der Waals surface area contributed by atoms with Crippen molar-refractivity contribution in [2.75, 3.05) is 5.32 Å². The number of rotatable bonds is 3. The van der Waals surface area contributed by atoms with Gasteiger partial charge < -0.3 is 11.1 Å². The van der Waals surface area contributed by atoms with Crippen molar-refractivity contribution < 1.29 is 13.2 Å². The van der Waals surface area contributed by atoms with Gasteiger partial charge in [0.05, 0.1) is 11.4 Å². The average Bonchev–Trinajstić information content (AvgIpc) is 2.93. The van der Waals surface area contributed by atoms with Gasteiger partial charge in [-0.2, -0.15) is 0 Å². The van der Waals surface area contributed by atoms with Crippen LogP contribution in [0.2, 0.25) is 5.02 Å². The lowest BCUT2D eigenvalue weighted by molar-refractivity contribution is -0.115. The number of benzene rings is 1. The molecule has 114 valence electrons. The Bertz CT molecular complexity index is 705. The third-order valence-corrected chi connectivity index (χ3v) is 5.90.